The lowest BCUT2D eigenvalue weighted by Crippen LogP contribution is -2.54. The van der Waals surface area contributed by atoms with Crippen molar-refractivity contribution < 1.29 is 27.5 Å². The average Bonchev–Trinajstić information content (AvgIpc) is 3.23. The second-order valence-corrected chi connectivity index (χ2v) is 10.2. The molecular formula is C26H24F4IN3O2. The lowest BCUT2D eigenvalue weighted by atomic mass is 9.79. The number of benzene rings is 2. The van der Waals surface area contributed by atoms with Crippen molar-refractivity contribution in [3.05, 3.63) is 98.6 Å². The zero-order valence-electron chi connectivity index (χ0n) is 19.0. The number of rotatable bonds is 6. The predicted octanol–water partition coefficient (Wildman–Crippen LogP) is 5.54. The Labute approximate surface area is 219 Å². The number of carbonyl (C=O) groups is 1. The van der Waals surface area contributed by atoms with E-state index in [2.05, 4.69) is 15.6 Å². The van der Waals surface area contributed by atoms with Gasteiger partial charge in [0.1, 0.15) is 11.4 Å². The maximum Gasteiger partial charge on any atom is 0.416 e. The Morgan fingerprint density at radius 1 is 1.06 bits per heavy atom. The van der Waals surface area contributed by atoms with Gasteiger partial charge in [-0.25, -0.2) is 9.18 Å². The fourth-order valence-corrected chi connectivity index (χ4v) is 4.87. The summed E-state index contributed by atoms with van der Waals surface area (Å²) in [6.07, 6.45) is -2.29. The van der Waals surface area contributed by atoms with Crippen LogP contribution in [0.4, 0.5) is 22.4 Å². The smallest absolute Gasteiger partial charge is 0.393 e. The summed E-state index contributed by atoms with van der Waals surface area (Å²) < 4.78 is 56.5. The van der Waals surface area contributed by atoms with Gasteiger partial charge in [0.25, 0.3) is 0 Å². The molecule has 0 bridgehead atoms. The number of nitrogens with one attached hydrogen (secondary N) is 2. The molecule has 0 aliphatic heterocycles. The van der Waals surface area contributed by atoms with Crippen LogP contribution in [-0.2, 0) is 18.1 Å². The van der Waals surface area contributed by atoms with Gasteiger partial charge >= 0.3 is 12.2 Å². The molecule has 1 heterocycles. The zero-order chi connectivity index (χ0) is 25.9. The summed E-state index contributed by atoms with van der Waals surface area (Å²) in [4.78, 5) is 17.7. The van der Waals surface area contributed by atoms with Crippen LogP contribution in [0.25, 0.3) is 0 Å². The van der Waals surface area contributed by atoms with Crippen molar-refractivity contribution in [2.24, 2.45) is 0 Å². The van der Waals surface area contributed by atoms with Gasteiger partial charge in [0, 0.05) is 22.2 Å². The van der Waals surface area contributed by atoms with E-state index < -0.39 is 35.2 Å². The SMILES string of the molecule is O=C(NC1CCC(O)C1)N[C@@](Cc1ccccc1)(c1cc(F)cc(C(F)(F)F)c1)c1ccc(I)cn1. The second kappa shape index (κ2) is 10.7. The van der Waals surface area contributed by atoms with E-state index in [1.54, 1.807) is 42.5 Å². The first-order valence-corrected chi connectivity index (χ1v) is 12.4. The number of hydrogen-bond donors (Lipinski definition) is 3. The number of alkyl halides is 3. The normalized spacial score (nSPS) is 19.5. The molecule has 36 heavy (non-hydrogen) atoms. The Morgan fingerprint density at radius 3 is 2.39 bits per heavy atom. The first-order chi connectivity index (χ1) is 17.0. The molecule has 1 aliphatic carbocycles. The lowest BCUT2D eigenvalue weighted by molar-refractivity contribution is -0.137. The standard InChI is InChI=1S/C26H24F4IN3O2/c27-19-11-17(10-18(12-19)26(28,29)30)25(14-16-4-2-1-3-5-16,23-9-6-20(31)15-32-23)34-24(36)33-21-7-8-22(35)13-21/h1-6,9-12,15,21-22,35H,7-8,13-14H2,(H2,33,34,36)/t21?,22?,25-/m0/s1. The predicted molar refractivity (Wildman–Crippen MR) is 135 cm³/mol. The maximum atomic E-state index is 14.6. The van der Waals surface area contributed by atoms with Gasteiger partial charge < -0.3 is 15.7 Å². The quantitative estimate of drug-likeness (QED) is 0.253. The van der Waals surface area contributed by atoms with E-state index >= 15 is 0 Å². The molecule has 3 aromatic rings. The number of hydrogen-bond acceptors (Lipinski definition) is 3. The van der Waals surface area contributed by atoms with Gasteiger partial charge in [-0.05, 0) is 83.3 Å². The molecule has 1 aromatic heterocycles. The minimum absolute atomic E-state index is 0.0168. The van der Waals surface area contributed by atoms with E-state index in [4.69, 9.17) is 0 Å². The van der Waals surface area contributed by atoms with Crippen LogP contribution >= 0.6 is 22.6 Å². The molecule has 190 valence electrons. The number of aliphatic hydroxyl groups excluding tert-OH is 1. The highest BCUT2D eigenvalue weighted by Crippen LogP contribution is 2.38. The van der Waals surface area contributed by atoms with Crippen molar-refractivity contribution in [1.82, 2.24) is 15.6 Å². The summed E-state index contributed by atoms with van der Waals surface area (Å²) in [7, 11) is 0. The molecule has 0 spiro atoms. The van der Waals surface area contributed by atoms with E-state index in [9.17, 15) is 27.5 Å². The highest BCUT2D eigenvalue weighted by atomic mass is 127. The van der Waals surface area contributed by atoms with Gasteiger partial charge in [0.05, 0.1) is 17.4 Å². The number of urea groups is 1. The summed E-state index contributed by atoms with van der Waals surface area (Å²) in [5.41, 5.74) is -1.93. The molecule has 0 saturated heterocycles. The molecule has 10 heteroatoms. The summed E-state index contributed by atoms with van der Waals surface area (Å²) in [5.74, 6) is -1.08. The summed E-state index contributed by atoms with van der Waals surface area (Å²) in [6.45, 7) is 0. The van der Waals surface area contributed by atoms with E-state index in [1.165, 1.54) is 6.20 Å². The third-order valence-electron chi connectivity index (χ3n) is 6.26. The topological polar surface area (TPSA) is 74.2 Å². The number of aliphatic hydroxyl groups is 1. The largest absolute Gasteiger partial charge is 0.416 e. The third kappa shape index (κ3) is 6.15. The number of carbonyl (C=O) groups excluding carboxylic acids is 1. The van der Waals surface area contributed by atoms with Crippen LogP contribution in [0.3, 0.4) is 0 Å². The van der Waals surface area contributed by atoms with Gasteiger partial charge in [-0.3, -0.25) is 4.98 Å². The Kier molecular flexibility index (Phi) is 7.84. The van der Waals surface area contributed by atoms with Gasteiger partial charge in [-0.2, -0.15) is 13.2 Å². The van der Waals surface area contributed by atoms with Crippen LogP contribution in [0.1, 0.15) is 41.6 Å². The summed E-state index contributed by atoms with van der Waals surface area (Å²) in [5, 5.41) is 15.5. The van der Waals surface area contributed by atoms with Crippen LogP contribution < -0.4 is 10.6 Å². The van der Waals surface area contributed by atoms with Crippen molar-refractivity contribution >= 4 is 28.6 Å². The first kappa shape index (κ1) is 26.3. The first-order valence-electron chi connectivity index (χ1n) is 11.4. The maximum absolute atomic E-state index is 14.6. The molecule has 2 aromatic carbocycles. The van der Waals surface area contributed by atoms with Crippen molar-refractivity contribution in [2.75, 3.05) is 0 Å². The fraction of sp³-hybridized carbons (Fsp3) is 0.308. The van der Waals surface area contributed by atoms with E-state index in [-0.39, 0.29) is 23.7 Å². The van der Waals surface area contributed by atoms with Crippen molar-refractivity contribution in [3.63, 3.8) is 0 Å². The molecule has 1 fully saturated rings. The van der Waals surface area contributed by atoms with Gasteiger partial charge in [-0.1, -0.05) is 30.3 Å². The van der Waals surface area contributed by atoms with Crippen LogP contribution in [0, 0.1) is 9.39 Å². The van der Waals surface area contributed by atoms with E-state index in [0.717, 1.165) is 15.7 Å². The van der Waals surface area contributed by atoms with Crippen LogP contribution in [0.5, 0.6) is 0 Å². The summed E-state index contributed by atoms with van der Waals surface area (Å²) >= 11 is 2.05. The average molecular weight is 613 g/mol. The Balaban J connectivity index is 1.87. The van der Waals surface area contributed by atoms with Crippen LogP contribution in [-0.4, -0.2) is 28.3 Å². The number of halogens is 5. The Hall–Kier alpha value is -2.73. The molecular weight excluding hydrogens is 589 g/mol. The molecule has 2 amide bonds. The molecule has 1 aliphatic rings. The minimum atomic E-state index is -4.79. The lowest BCUT2D eigenvalue weighted by Gasteiger charge is -2.36. The monoisotopic (exact) mass is 613 g/mol. The number of aromatic nitrogens is 1. The van der Waals surface area contributed by atoms with Crippen molar-refractivity contribution in [3.8, 4) is 0 Å². The molecule has 5 nitrogen and oxygen atoms in total. The molecule has 2 unspecified atom stereocenters. The Bertz CT molecular complexity index is 1210. The zero-order valence-corrected chi connectivity index (χ0v) is 21.2. The molecule has 3 N–H and O–H groups in total. The second-order valence-electron chi connectivity index (χ2n) is 8.92. The van der Waals surface area contributed by atoms with Crippen molar-refractivity contribution in [1.29, 1.82) is 0 Å². The van der Waals surface area contributed by atoms with Crippen molar-refractivity contribution in [2.45, 2.75) is 49.5 Å². The fourth-order valence-electron chi connectivity index (χ4n) is 4.56. The van der Waals surface area contributed by atoms with Gasteiger partial charge in [0.2, 0.25) is 0 Å². The number of amides is 2. The van der Waals surface area contributed by atoms with Gasteiger partial charge in [-0.15, -0.1) is 0 Å². The highest BCUT2D eigenvalue weighted by Gasteiger charge is 2.41. The molecule has 3 atom stereocenters. The summed E-state index contributed by atoms with van der Waals surface area (Å²) in [6, 6.07) is 13.6. The van der Waals surface area contributed by atoms with E-state index in [1.807, 2.05) is 22.6 Å². The molecule has 0 radical (unpaired) electrons. The number of pyridine rings is 1. The highest BCUT2D eigenvalue weighted by molar-refractivity contribution is 14.1. The van der Waals surface area contributed by atoms with E-state index in [0.29, 0.717) is 30.9 Å². The molecule has 1 saturated carbocycles. The Morgan fingerprint density at radius 2 is 1.78 bits per heavy atom. The minimum Gasteiger partial charge on any atom is -0.393 e. The molecule has 4 rings (SSSR count). The number of nitrogens with zero attached hydrogens (tertiary/aromatic N) is 1. The third-order valence-corrected chi connectivity index (χ3v) is 6.90. The van der Waals surface area contributed by atoms with Crippen LogP contribution in [0.2, 0.25) is 0 Å². The van der Waals surface area contributed by atoms with Crippen LogP contribution in [0.15, 0.2) is 66.9 Å². The van der Waals surface area contributed by atoms with Gasteiger partial charge in [0.15, 0.2) is 0 Å².